The van der Waals surface area contributed by atoms with Crippen LogP contribution >= 0.6 is 0 Å². The second-order valence-corrected chi connectivity index (χ2v) is 4.57. The molecule has 5 heteroatoms. The molecule has 1 aliphatic heterocycles. The van der Waals surface area contributed by atoms with Gasteiger partial charge in [0.1, 0.15) is 23.8 Å². The summed E-state index contributed by atoms with van der Waals surface area (Å²) in [5.74, 6) is 0.904. The molecular formula is C15H14NO4. The molecule has 3 rings (SSSR count). The number of hydrogen-bond donors (Lipinski definition) is 1. The Balaban J connectivity index is 2.10. The highest BCUT2D eigenvalue weighted by Crippen LogP contribution is 2.42. The van der Waals surface area contributed by atoms with E-state index in [1.165, 1.54) is 7.11 Å². The van der Waals surface area contributed by atoms with E-state index in [-0.39, 0.29) is 6.61 Å². The van der Waals surface area contributed by atoms with E-state index in [1.54, 1.807) is 48.5 Å². The molecule has 0 amide bonds. The van der Waals surface area contributed by atoms with Crippen molar-refractivity contribution < 1.29 is 19.8 Å². The van der Waals surface area contributed by atoms with Gasteiger partial charge < -0.3 is 14.6 Å². The maximum Gasteiger partial charge on any atom is 0.229 e. The van der Waals surface area contributed by atoms with Crippen LogP contribution in [0.25, 0.3) is 0 Å². The number of aliphatic hydroxyl groups is 1. The molecule has 0 saturated carbocycles. The normalized spacial score (nSPS) is 21.1. The Labute approximate surface area is 116 Å². The molecule has 1 unspecified atom stereocenters. The Bertz CT molecular complexity index is 631. The summed E-state index contributed by atoms with van der Waals surface area (Å²) in [5, 5.41) is 23.9. The highest BCUT2D eigenvalue weighted by Gasteiger charge is 2.45. The first-order valence-corrected chi connectivity index (χ1v) is 6.22. The van der Waals surface area contributed by atoms with Crippen LogP contribution in [-0.2, 0) is 10.9 Å². The molecule has 0 fully saturated rings. The molecule has 5 nitrogen and oxygen atoms in total. The van der Waals surface area contributed by atoms with E-state index in [4.69, 9.17) is 9.47 Å². The van der Waals surface area contributed by atoms with Crippen molar-refractivity contribution in [3.8, 4) is 11.5 Å². The van der Waals surface area contributed by atoms with Gasteiger partial charge in [0.25, 0.3) is 0 Å². The van der Waals surface area contributed by atoms with E-state index in [1.807, 2.05) is 0 Å². The fourth-order valence-electron chi connectivity index (χ4n) is 2.35. The highest BCUT2D eigenvalue weighted by atomic mass is 16.6. The first-order valence-electron chi connectivity index (χ1n) is 6.22. The minimum Gasteiger partial charge on any atom is -0.496 e. The van der Waals surface area contributed by atoms with Crippen LogP contribution in [0.15, 0.2) is 48.5 Å². The molecule has 0 aromatic heterocycles. The van der Waals surface area contributed by atoms with E-state index in [0.29, 0.717) is 27.8 Å². The molecule has 1 radical (unpaired) electrons. The lowest BCUT2D eigenvalue weighted by atomic mass is 10.00. The van der Waals surface area contributed by atoms with E-state index >= 15 is 0 Å². The van der Waals surface area contributed by atoms with Gasteiger partial charge in [-0.2, -0.15) is 5.06 Å². The van der Waals surface area contributed by atoms with Crippen LogP contribution in [0.4, 0.5) is 5.69 Å². The predicted molar refractivity (Wildman–Crippen MR) is 72.0 cm³/mol. The molecule has 0 spiro atoms. The minimum absolute atomic E-state index is 0.159. The fourth-order valence-corrected chi connectivity index (χ4v) is 2.35. The maximum atomic E-state index is 12.5. The van der Waals surface area contributed by atoms with Gasteiger partial charge in [0.15, 0.2) is 0 Å². The van der Waals surface area contributed by atoms with Crippen LogP contribution in [0, 0.1) is 0 Å². The van der Waals surface area contributed by atoms with E-state index in [0.717, 1.165) is 0 Å². The summed E-state index contributed by atoms with van der Waals surface area (Å²) in [7, 11) is 1.50. The van der Waals surface area contributed by atoms with Gasteiger partial charge in [0.2, 0.25) is 5.72 Å². The van der Waals surface area contributed by atoms with Gasteiger partial charge >= 0.3 is 0 Å². The van der Waals surface area contributed by atoms with Crippen molar-refractivity contribution in [2.45, 2.75) is 5.72 Å². The van der Waals surface area contributed by atoms with Gasteiger partial charge in [-0.05, 0) is 18.2 Å². The summed E-state index contributed by atoms with van der Waals surface area (Å²) < 4.78 is 10.7. The summed E-state index contributed by atoms with van der Waals surface area (Å²) >= 11 is 0. The number of ether oxygens (including phenoxy) is 2. The summed E-state index contributed by atoms with van der Waals surface area (Å²) in [5.41, 5.74) is -1.12. The zero-order valence-electron chi connectivity index (χ0n) is 10.9. The molecule has 0 bridgehead atoms. The van der Waals surface area contributed by atoms with Crippen LogP contribution in [0.5, 0.6) is 11.5 Å². The van der Waals surface area contributed by atoms with Gasteiger partial charge in [-0.1, -0.05) is 35.5 Å². The van der Waals surface area contributed by atoms with E-state index in [2.05, 4.69) is 0 Å². The topological polar surface area (TPSA) is 61.8 Å². The van der Waals surface area contributed by atoms with Crippen molar-refractivity contribution in [3.05, 3.63) is 54.1 Å². The zero-order valence-corrected chi connectivity index (χ0v) is 10.9. The summed E-state index contributed by atoms with van der Waals surface area (Å²) in [4.78, 5) is 0. The first-order chi connectivity index (χ1) is 9.66. The number of methoxy groups -OCH3 is 1. The zero-order chi connectivity index (χ0) is 14.2. The van der Waals surface area contributed by atoms with E-state index in [9.17, 15) is 10.3 Å². The highest BCUT2D eigenvalue weighted by molar-refractivity contribution is 5.61. The van der Waals surface area contributed by atoms with Crippen molar-refractivity contribution in [3.63, 3.8) is 0 Å². The number of nitrogens with zero attached hydrogens (tertiary/aromatic N) is 1. The monoisotopic (exact) mass is 272 g/mol. The molecule has 0 saturated heterocycles. The fraction of sp³-hybridized carbons (Fsp3) is 0.200. The Morgan fingerprint density at radius 2 is 1.90 bits per heavy atom. The molecule has 20 heavy (non-hydrogen) atoms. The summed E-state index contributed by atoms with van der Waals surface area (Å²) in [6.45, 7) is -0.159. The molecule has 1 N–H and O–H groups in total. The van der Waals surface area contributed by atoms with Crippen molar-refractivity contribution >= 4 is 5.69 Å². The lowest BCUT2D eigenvalue weighted by Gasteiger charge is -2.39. The first kappa shape index (κ1) is 12.8. The molecular weight excluding hydrogens is 258 g/mol. The number of anilines is 1. The second-order valence-electron chi connectivity index (χ2n) is 4.57. The van der Waals surface area contributed by atoms with Crippen molar-refractivity contribution in [1.29, 1.82) is 0 Å². The number of para-hydroxylation sites is 3. The van der Waals surface area contributed by atoms with Crippen LogP contribution in [0.2, 0.25) is 0 Å². The average molecular weight is 272 g/mol. The van der Waals surface area contributed by atoms with Crippen molar-refractivity contribution in [2.24, 2.45) is 0 Å². The number of benzene rings is 2. The maximum absolute atomic E-state index is 12.5. The number of hydroxylamine groups is 1. The van der Waals surface area contributed by atoms with Gasteiger partial charge in [-0.25, -0.2) is 0 Å². The summed E-state index contributed by atoms with van der Waals surface area (Å²) in [6.07, 6.45) is 0. The lowest BCUT2D eigenvalue weighted by Crippen LogP contribution is -2.51. The molecule has 2 aromatic rings. The minimum atomic E-state index is -1.80. The average Bonchev–Trinajstić information content (AvgIpc) is 2.51. The quantitative estimate of drug-likeness (QED) is 0.909. The Morgan fingerprint density at radius 1 is 1.20 bits per heavy atom. The molecule has 2 aromatic carbocycles. The van der Waals surface area contributed by atoms with Crippen LogP contribution < -0.4 is 14.5 Å². The van der Waals surface area contributed by atoms with Gasteiger partial charge in [-0.3, -0.25) is 0 Å². The standard InChI is InChI=1S/C15H14NO4/c1-19-13-8-4-2-6-11(13)15(17)10-20-14-9-5-3-7-12(14)16(15)18/h2-9,17H,10H2,1H3. The van der Waals surface area contributed by atoms with Crippen LogP contribution in [0.3, 0.4) is 0 Å². The van der Waals surface area contributed by atoms with Gasteiger partial charge in [0.05, 0.1) is 12.7 Å². The second kappa shape index (κ2) is 4.70. The number of rotatable bonds is 2. The Kier molecular flexibility index (Phi) is 3.00. The third kappa shape index (κ3) is 1.79. The molecule has 1 aliphatic rings. The van der Waals surface area contributed by atoms with E-state index < -0.39 is 5.72 Å². The van der Waals surface area contributed by atoms with Crippen molar-refractivity contribution in [2.75, 3.05) is 18.8 Å². The predicted octanol–water partition coefficient (Wildman–Crippen LogP) is 2.08. The van der Waals surface area contributed by atoms with Gasteiger partial charge in [0, 0.05) is 0 Å². The molecule has 103 valence electrons. The number of fused-ring (bicyclic) bond motifs is 1. The lowest BCUT2D eigenvalue weighted by molar-refractivity contribution is -0.107. The number of hydrogen-bond acceptors (Lipinski definition) is 4. The van der Waals surface area contributed by atoms with Crippen LogP contribution in [-0.4, -0.2) is 18.8 Å². The Hall–Kier alpha value is -2.24. The van der Waals surface area contributed by atoms with Crippen LogP contribution in [0.1, 0.15) is 5.56 Å². The molecule has 0 aliphatic carbocycles. The largest absolute Gasteiger partial charge is 0.496 e. The Morgan fingerprint density at radius 3 is 2.70 bits per heavy atom. The van der Waals surface area contributed by atoms with Crippen molar-refractivity contribution in [1.82, 2.24) is 0 Å². The third-order valence-electron chi connectivity index (χ3n) is 3.39. The SMILES string of the molecule is COc1ccccc1C1(O)COc2ccccc2N1[O]. The molecule has 1 atom stereocenters. The molecule has 1 heterocycles. The summed E-state index contributed by atoms with van der Waals surface area (Å²) in [6, 6.07) is 13.7. The smallest absolute Gasteiger partial charge is 0.229 e. The third-order valence-corrected chi connectivity index (χ3v) is 3.39. The van der Waals surface area contributed by atoms with Gasteiger partial charge in [-0.15, -0.1) is 0 Å².